The van der Waals surface area contributed by atoms with E-state index < -0.39 is 41.9 Å². The topological polar surface area (TPSA) is 63.2 Å². The van der Waals surface area contributed by atoms with Gasteiger partial charge in [-0.15, -0.1) is 0 Å². The highest BCUT2D eigenvalue weighted by Gasteiger charge is 2.65. The molecule has 3 atom stereocenters. The summed E-state index contributed by atoms with van der Waals surface area (Å²) < 4.78 is 32.0. The number of esters is 1. The van der Waals surface area contributed by atoms with Gasteiger partial charge in [0.1, 0.15) is 0 Å². The van der Waals surface area contributed by atoms with Crippen molar-refractivity contribution in [2.45, 2.75) is 116 Å². The Balaban J connectivity index is 2.43. The minimum atomic E-state index is -2.08. The molecule has 0 unspecified atom stereocenters. The molecule has 1 heterocycles. The molecule has 2 aliphatic rings. The molecule has 2 rings (SSSR count). The van der Waals surface area contributed by atoms with Gasteiger partial charge in [0.2, 0.25) is 22.4 Å². The van der Waals surface area contributed by atoms with Crippen LogP contribution in [0.1, 0.15) is 40.0 Å². The van der Waals surface area contributed by atoms with E-state index >= 15 is 0 Å². The van der Waals surface area contributed by atoms with Gasteiger partial charge in [-0.1, -0.05) is 0 Å². The fourth-order valence-corrected chi connectivity index (χ4v) is 7.36. The largest absolute Gasteiger partial charge is 0.548 e. The molecule has 0 radical (unpaired) electrons. The van der Waals surface area contributed by atoms with Crippen LogP contribution < -0.4 is 0 Å². The molecule has 0 N–H and O–H groups in total. The Morgan fingerprint density at radius 2 is 1.62 bits per heavy atom. The second kappa shape index (κ2) is 8.72. The number of rotatable bonds is 8. The molecule has 0 amide bonds. The summed E-state index contributed by atoms with van der Waals surface area (Å²) in [6.07, 6.45) is 5.24. The van der Waals surface area contributed by atoms with Crippen molar-refractivity contribution in [3.63, 3.8) is 0 Å². The standard InChI is InChI=1S/C23H44O6Si3/c1-18(26-30(4,5)6)13-15-21(2)20(24)25-22(3)16-14-19(27-31(7,8)9)17-23(22,28-21)29-32(10,11)12/h13-14H,15-17H2,1-12H3/b18-13+/t21-,22-,23-/m0/s1. The maximum absolute atomic E-state index is 13.2. The second-order valence-electron chi connectivity index (χ2n) is 12.4. The van der Waals surface area contributed by atoms with Gasteiger partial charge in [-0.3, -0.25) is 0 Å². The predicted octanol–water partition coefficient (Wildman–Crippen LogP) is 6.30. The first-order chi connectivity index (χ1) is 14.2. The van der Waals surface area contributed by atoms with Gasteiger partial charge in [-0.2, -0.15) is 0 Å². The predicted molar refractivity (Wildman–Crippen MR) is 136 cm³/mol. The molecule has 6 nitrogen and oxygen atoms in total. The third-order valence-electron chi connectivity index (χ3n) is 5.23. The van der Waals surface area contributed by atoms with Gasteiger partial charge in [-0.25, -0.2) is 4.79 Å². The maximum atomic E-state index is 13.2. The van der Waals surface area contributed by atoms with E-state index in [0.29, 0.717) is 19.3 Å². The van der Waals surface area contributed by atoms with Crippen molar-refractivity contribution in [3.05, 3.63) is 23.7 Å². The Kier molecular flexibility index (Phi) is 7.46. The summed E-state index contributed by atoms with van der Waals surface area (Å²) >= 11 is 0. The fourth-order valence-electron chi connectivity index (χ4n) is 4.05. The summed E-state index contributed by atoms with van der Waals surface area (Å²) in [6, 6.07) is 0. The van der Waals surface area contributed by atoms with Crippen LogP contribution in [0.3, 0.4) is 0 Å². The normalized spacial score (nSPS) is 32.1. The van der Waals surface area contributed by atoms with Crippen molar-refractivity contribution in [1.82, 2.24) is 0 Å². The Morgan fingerprint density at radius 3 is 2.12 bits per heavy atom. The van der Waals surface area contributed by atoms with Crippen molar-refractivity contribution < 1.29 is 27.5 Å². The molecule has 0 bridgehead atoms. The first kappa shape index (κ1) is 27.4. The molecule has 0 spiro atoms. The van der Waals surface area contributed by atoms with E-state index in [1.807, 2.05) is 26.0 Å². The SMILES string of the molecule is C/C(=C\C[C@]1(C)O[C@]2(O[Si](C)(C)C)CC(O[Si](C)(C)C)=CC[C@]2(C)OC1=O)O[Si](C)(C)C. The summed E-state index contributed by atoms with van der Waals surface area (Å²) in [5.74, 6) is 0.219. The van der Waals surface area contributed by atoms with E-state index in [0.717, 1.165) is 11.5 Å². The highest BCUT2D eigenvalue weighted by atomic mass is 28.4. The van der Waals surface area contributed by atoms with E-state index in [2.05, 4.69) is 58.9 Å². The van der Waals surface area contributed by atoms with Crippen LogP contribution in [0.4, 0.5) is 0 Å². The summed E-state index contributed by atoms with van der Waals surface area (Å²) in [6.45, 7) is 24.9. The van der Waals surface area contributed by atoms with Gasteiger partial charge in [0.05, 0.1) is 17.9 Å². The monoisotopic (exact) mass is 500 g/mol. The maximum Gasteiger partial charge on any atom is 0.339 e. The number of carbonyl (C=O) groups excluding carboxylic acids is 1. The third-order valence-corrected chi connectivity index (χ3v) is 7.98. The lowest BCUT2D eigenvalue weighted by atomic mass is 9.80. The molecule has 0 aromatic rings. The average Bonchev–Trinajstić information content (AvgIpc) is 2.51. The van der Waals surface area contributed by atoms with E-state index in [4.69, 9.17) is 22.8 Å². The van der Waals surface area contributed by atoms with Gasteiger partial charge in [0, 0.05) is 12.8 Å². The average molecular weight is 501 g/mol. The Bertz CT molecular complexity index is 789. The molecular formula is C23H44O6Si3. The van der Waals surface area contributed by atoms with Crippen LogP contribution in [0.5, 0.6) is 0 Å². The van der Waals surface area contributed by atoms with Crippen LogP contribution in [-0.4, -0.2) is 47.9 Å². The molecule has 1 aliphatic heterocycles. The lowest BCUT2D eigenvalue weighted by Crippen LogP contribution is -2.71. The first-order valence-corrected chi connectivity index (χ1v) is 21.8. The number of carbonyl (C=O) groups is 1. The van der Waals surface area contributed by atoms with Crippen LogP contribution >= 0.6 is 0 Å². The van der Waals surface area contributed by atoms with E-state index in [9.17, 15) is 4.79 Å². The van der Waals surface area contributed by atoms with Crippen molar-refractivity contribution in [2.24, 2.45) is 0 Å². The number of fused-ring (bicyclic) bond motifs is 1. The fraction of sp³-hybridized carbons (Fsp3) is 0.783. The van der Waals surface area contributed by atoms with E-state index in [1.54, 1.807) is 6.92 Å². The van der Waals surface area contributed by atoms with Crippen molar-refractivity contribution in [2.75, 3.05) is 0 Å². The Labute approximate surface area is 198 Å². The molecular weight excluding hydrogens is 457 g/mol. The van der Waals surface area contributed by atoms with Crippen molar-refractivity contribution in [1.29, 1.82) is 0 Å². The molecule has 0 aromatic carbocycles. The smallest absolute Gasteiger partial charge is 0.339 e. The molecule has 0 saturated carbocycles. The molecule has 9 heteroatoms. The summed E-state index contributed by atoms with van der Waals surface area (Å²) in [5.41, 5.74) is -2.09. The molecule has 1 saturated heterocycles. The number of hydrogen-bond donors (Lipinski definition) is 0. The van der Waals surface area contributed by atoms with Crippen LogP contribution in [0.2, 0.25) is 58.9 Å². The van der Waals surface area contributed by atoms with Gasteiger partial charge in [-0.05, 0) is 91.8 Å². The quantitative estimate of drug-likeness (QED) is 0.221. The molecule has 32 heavy (non-hydrogen) atoms. The Hall–Kier alpha value is -0.879. The minimum Gasteiger partial charge on any atom is -0.548 e. The van der Waals surface area contributed by atoms with Gasteiger partial charge >= 0.3 is 5.97 Å². The molecule has 0 aromatic heterocycles. The zero-order valence-corrected chi connectivity index (χ0v) is 25.2. The van der Waals surface area contributed by atoms with Gasteiger partial charge in [0.15, 0.2) is 19.5 Å². The van der Waals surface area contributed by atoms with Crippen LogP contribution in [0.15, 0.2) is 23.7 Å². The number of hydrogen-bond acceptors (Lipinski definition) is 6. The number of ether oxygens (including phenoxy) is 2. The van der Waals surface area contributed by atoms with E-state index in [1.165, 1.54) is 0 Å². The van der Waals surface area contributed by atoms with E-state index in [-0.39, 0.29) is 5.97 Å². The Morgan fingerprint density at radius 1 is 1.03 bits per heavy atom. The lowest BCUT2D eigenvalue weighted by Gasteiger charge is -2.57. The third kappa shape index (κ3) is 6.82. The van der Waals surface area contributed by atoms with Crippen LogP contribution in [0.25, 0.3) is 0 Å². The highest BCUT2D eigenvalue weighted by Crippen LogP contribution is 2.51. The summed E-state index contributed by atoms with van der Waals surface area (Å²) in [4.78, 5) is 13.2. The molecule has 1 fully saturated rings. The van der Waals surface area contributed by atoms with Gasteiger partial charge < -0.3 is 22.8 Å². The molecule has 184 valence electrons. The van der Waals surface area contributed by atoms with Crippen molar-refractivity contribution in [3.8, 4) is 0 Å². The highest BCUT2D eigenvalue weighted by molar-refractivity contribution is 6.70. The zero-order valence-electron chi connectivity index (χ0n) is 22.2. The zero-order chi connectivity index (χ0) is 24.8. The minimum absolute atomic E-state index is 0.350. The first-order valence-electron chi connectivity index (χ1n) is 11.6. The summed E-state index contributed by atoms with van der Waals surface area (Å²) in [5, 5.41) is 0. The number of allylic oxidation sites excluding steroid dienone is 1. The lowest BCUT2D eigenvalue weighted by molar-refractivity contribution is -0.357. The van der Waals surface area contributed by atoms with Crippen molar-refractivity contribution >= 4 is 30.9 Å². The van der Waals surface area contributed by atoms with Gasteiger partial charge in [0.25, 0.3) is 0 Å². The van der Waals surface area contributed by atoms with Crippen LogP contribution in [0, 0.1) is 0 Å². The summed E-state index contributed by atoms with van der Waals surface area (Å²) in [7, 11) is -5.63. The van der Waals surface area contributed by atoms with Crippen LogP contribution in [-0.2, 0) is 27.5 Å². The molecule has 1 aliphatic carbocycles. The second-order valence-corrected chi connectivity index (χ2v) is 25.7.